The maximum Gasteiger partial charge on any atom is 0.0107 e. The van der Waals surface area contributed by atoms with E-state index in [-0.39, 0.29) is 0 Å². The van der Waals surface area contributed by atoms with E-state index >= 15 is 0 Å². The summed E-state index contributed by atoms with van der Waals surface area (Å²) >= 11 is 2.13. The summed E-state index contributed by atoms with van der Waals surface area (Å²) in [5.74, 6) is 3.75. The van der Waals surface area contributed by atoms with Crippen molar-refractivity contribution in [3.63, 3.8) is 0 Å². The van der Waals surface area contributed by atoms with Crippen molar-refractivity contribution in [3.05, 3.63) is 0 Å². The second-order valence-corrected chi connectivity index (χ2v) is 7.36. The highest BCUT2D eigenvalue weighted by Crippen LogP contribution is 2.25. The maximum atomic E-state index is 3.56. The first-order chi connectivity index (χ1) is 7.66. The van der Waals surface area contributed by atoms with E-state index < -0.39 is 0 Å². The van der Waals surface area contributed by atoms with E-state index in [1.54, 1.807) is 0 Å². The third kappa shape index (κ3) is 3.94. The Bertz CT molecular complexity index is 212. The van der Waals surface area contributed by atoms with Crippen molar-refractivity contribution < 1.29 is 0 Å². The van der Waals surface area contributed by atoms with Crippen LogP contribution in [0.25, 0.3) is 0 Å². The molecule has 0 saturated carbocycles. The molecule has 2 rings (SSSR count). The van der Waals surface area contributed by atoms with Crippen molar-refractivity contribution in [3.8, 4) is 0 Å². The number of nitrogens with one attached hydrogen (secondary N) is 1. The van der Waals surface area contributed by atoms with Crippen LogP contribution in [0, 0.1) is 11.3 Å². The summed E-state index contributed by atoms with van der Waals surface area (Å²) in [6, 6.07) is 0. The van der Waals surface area contributed by atoms with Gasteiger partial charge in [-0.3, -0.25) is 0 Å². The maximum absolute atomic E-state index is 3.56. The number of rotatable bonds is 2. The first-order valence-electron chi connectivity index (χ1n) is 6.66. The highest BCUT2D eigenvalue weighted by Gasteiger charge is 2.26. The predicted octanol–water partition coefficient (Wildman–Crippen LogP) is 2.06. The van der Waals surface area contributed by atoms with E-state index in [1.807, 2.05) is 0 Å². The van der Waals surface area contributed by atoms with Crippen LogP contribution in [0.1, 0.15) is 26.7 Å². The van der Waals surface area contributed by atoms with Gasteiger partial charge in [-0.05, 0) is 35.7 Å². The molecule has 2 saturated heterocycles. The van der Waals surface area contributed by atoms with Crippen LogP contribution in [0.3, 0.4) is 0 Å². The average molecular weight is 242 g/mol. The lowest BCUT2D eigenvalue weighted by molar-refractivity contribution is 0.177. The van der Waals surface area contributed by atoms with Gasteiger partial charge >= 0.3 is 0 Å². The molecule has 0 aliphatic carbocycles. The predicted molar refractivity (Wildman–Crippen MR) is 73.1 cm³/mol. The van der Waals surface area contributed by atoms with Crippen LogP contribution in [-0.4, -0.2) is 49.1 Å². The molecule has 0 spiro atoms. The number of thioether (sulfide) groups is 1. The summed E-state index contributed by atoms with van der Waals surface area (Å²) in [4.78, 5) is 2.70. The molecule has 16 heavy (non-hydrogen) atoms. The van der Waals surface area contributed by atoms with Gasteiger partial charge in [0.2, 0.25) is 0 Å². The van der Waals surface area contributed by atoms with Crippen LogP contribution in [0.5, 0.6) is 0 Å². The molecule has 2 nitrogen and oxygen atoms in total. The van der Waals surface area contributed by atoms with Crippen molar-refractivity contribution in [2.75, 3.05) is 44.2 Å². The Morgan fingerprint density at radius 2 is 2.06 bits per heavy atom. The Kier molecular flexibility index (Phi) is 4.57. The summed E-state index contributed by atoms with van der Waals surface area (Å²) in [5, 5.41) is 3.56. The van der Waals surface area contributed by atoms with Crippen molar-refractivity contribution in [2.24, 2.45) is 11.3 Å². The van der Waals surface area contributed by atoms with Gasteiger partial charge in [-0.2, -0.15) is 11.8 Å². The fourth-order valence-electron chi connectivity index (χ4n) is 2.85. The van der Waals surface area contributed by atoms with Crippen molar-refractivity contribution in [1.29, 1.82) is 0 Å². The molecule has 0 unspecified atom stereocenters. The SMILES string of the molecule is CC1(C)CNCCN(CC2CCSCC2)C1. The standard InChI is InChI=1S/C13H26N2S/c1-13(2)10-14-5-6-15(11-13)9-12-3-7-16-8-4-12/h12,14H,3-11H2,1-2H3. The molecule has 0 aromatic heterocycles. The zero-order valence-corrected chi connectivity index (χ0v) is 11.6. The molecular weight excluding hydrogens is 216 g/mol. The second-order valence-electron chi connectivity index (χ2n) is 6.13. The van der Waals surface area contributed by atoms with Crippen molar-refractivity contribution in [1.82, 2.24) is 10.2 Å². The summed E-state index contributed by atoms with van der Waals surface area (Å²) in [5.41, 5.74) is 0.444. The van der Waals surface area contributed by atoms with Crippen LogP contribution in [-0.2, 0) is 0 Å². The Labute approximate surface area is 105 Å². The van der Waals surface area contributed by atoms with Gasteiger partial charge in [0, 0.05) is 32.7 Å². The average Bonchev–Trinajstić information content (AvgIpc) is 2.40. The molecule has 0 atom stereocenters. The molecule has 1 N–H and O–H groups in total. The molecule has 2 fully saturated rings. The van der Waals surface area contributed by atoms with E-state index in [0.29, 0.717) is 5.41 Å². The lowest BCUT2D eigenvalue weighted by atomic mass is 9.92. The smallest absolute Gasteiger partial charge is 0.0107 e. The first-order valence-corrected chi connectivity index (χ1v) is 7.82. The van der Waals surface area contributed by atoms with Crippen LogP contribution in [0.4, 0.5) is 0 Å². The van der Waals surface area contributed by atoms with E-state index in [1.165, 1.54) is 57.1 Å². The lowest BCUT2D eigenvalue weighted by Gasteiger charge is -2.32. The molecule has 2 aliphatic heterocycles. The van der Waals surface area contributed by atoms with Crippen LogP contribution in [0.15, 0.2) is 0 Å². The molecular formula is C13H26N2S. The van der Waals surface area contributed by atoms with Gasteiger partial charge in [-0.1, -0.05) is 13.8 Å². The third-order valence-electron chi connectivity index (χ3n) is 3.72. The van der Waals surface area contributed by atoms with Gasteiger partial charge in [0.25, 0.3) is 0 Å². The summed E-state index contributed by atoms with van der Waals surface area (Å²) in [6.45, 7) is 11.0. The molecule has 0 aromatic carbocycles. The number of nitrogens with zero attached hydrogens (tertiary/aromatic N) is 1. The summed E-state index contributed by atoms with van der Waals surface area (Å²) < 4.78 is 0. The summed E-state index contributed by atoms with van der Waals surface area (Å²) in [7, 11) is 0. The zero-order chi connectivity index (χ0) is 11.4. The fourth-order valence-corrected chi connectivity index (χ4v) is 4.06. The molecule has 2 heterocycles. The van der Waals surface area contributed by atoms with Gasteiger partial charge in [0.1, 0.15) is 0 Å². The van der Waals surface area contributed by atoms with Crippen LogP contribution >= 0.6 is 11.8 Å². The number of hydrogen-bond acceptors (Lipinski definition) is 3. The quantitative estimate of drug-likeness (QED) is 0.798. The second kappa shape index (κ2) is 5.74. The van der Waals surface area contributed by atoms with E-state index in [4.69, 9.17) is 0 Å². The van der Waals surface area contributed by atoms with Crippen LogP contribution < -0.4 is 5.32 Å². The molecule has 0 amide bonds. The third-order valence-corrected chi connectivity index (χ3v) is 4.77. The Morgan fingerprint density at radius 3 is 2.81 bits per heavy atom. The Hall–Kier alpha value is 0.270. The minimum atomic E-state index is 0.444. The molecule has 0 bridgehead atoms. The van der Waals surface area contributed by atoms with Crippen molar-refractivity contribution in [2.45, 2.75) is 26.7 Å². The highest BCUT2D eigenvalue weighted by molar-refractivity contribution is 7.99. The van der Waals surface area contributed by atoms with Gasteiger partial charge in [-0.15, -0.1) is 0 Å². The minimum absolute atomic E-state index is 0.444. The summed E-state index contributed by atoms with van der Waals surface area (Å²) in [6.07, 6.45) is 2.88. The van der Waals surface area contributed by atoms with Gasteiger partial charge < -0.3 is 10.2 Å². The highest BCUT2D eigenvalue weighted by atomic mass is 32.2. The topological polar surface area (TPSA) is 15.3 Å². The van der Waals surface area contributed by atoms with Gasteiger partial charge in [0.15, 0.2) is 0 Å². The molecule has 0 aromatic rings. The van der Waals surface area contributed by atoms with Crippen molar-refractivity contribution >= 4 is 11.8 Å². The Morgan fingerprint density at radius 1 is 1.31 bits per heavy atom. The van der Waals surface area contributed by atoms with E-state index in [0.717, 1.165) is 5.92 Å². The molecule has 0 radical (unpaired) electrons. The largest absolute Gasteiger partial charge is 0.315 e. The lowest BCUT2D eigenvalue weighted by Crippen LogP contribution is -2.38. The Balaban J connectivity index is 1.82. The number of hydrogen-bond donors (Lipinski definition) is 1. The monoisotopic (exact) mass is 242 g/mol. The van der Waals surface area contributed by atoms with E-state index in [2.05, 4.69) is 35.8 Å². The zero-order valence-electron chi connectivity index (χ0n) is 10.8. The fraction of sp³-hybridized carbons (Fsp3) is 1.00. The molecule has 2 aliphatic rings. The van der Waals surface area contributed by atoms with E-state index in [9.17, 15) is 0 Å². The van der Waals surface area contributed by atoms with Crippen LogP contribution in [0.2, 0.25) is 0 Å². The molecule has 3 heteroatoms. The minimum Gasteiger partial charge on any atom is -0.315 e. The van der Waals surface area contributed by atoms with Gasteiger partial charge in [0.05, 0.1) is 0 Å². The first kappa shape index (κ1) is 12.7. The molecule has 94 valence electrons. The van der Waals surface area contributed by atoms with Gasteiger partial charge in [-0.25, -0.2) is 0 Å². The normalized spacial score (nSPS) is 28.9.